The Kier molecular flexibility index (Phi) is 1.86. The van der Waals surface area contributed by atoms with Crippen LogP contribution in [0.15, 0.2) is 4.99 Å². The molecule has 0 aromatic carbocycles. The van der Waals surface area contributed by atoms with Gasteiger partial charge in [-0.15, -0.1) is 0 Å². The molecule has 0 N–H and O–H groups in total. The van der Waals surface area contributed by atoms with Gasteiger partial charge in [-0.1, -0.05) is 0 Å². The van der Waals surface area contributed by atoms with Gasteiger partial charge in [-0.05, 0) is 26.5 Å². The molecule has 9 heavy (non-hydrogen) atoms. The molecule has 1 rings (SSSR count). The average molecular weight is 127 g/mol. The van der Waals surface area contributed by atoms with Crippen molar-refractivity contribution >= 4 is 6.72 Å². The van der Waals surface area contributed by atoms with E-state index >= 15 is 0 Å². The standard InChI is InChI=1S/C7H13NO/c1-7(8-2)3-5-9-6-4-7/h2-6H2,1H3. The van der Waals surface area contributed by atoms with E-state index in [-0.39, 0.29) is 5.54 Å². The Morgan fingerprint density at radius 2 is 2.00 bits per heavy atom. The van der Waals surface area contributed by atoms with Crippen molar-refractivity contribution in [3.05, 3.63) is 0 Å². The van der Waals surface area contributed by atoms with E-state index in [0.717, 1.165) is 26.1 Å². The quantitative estimate of drug-likeness (QED) is 0.486. The fraction of sp³-hybridized carbons (Fsp3) is 0.857. The van der Waals surface area contributed by atoms with Crippen molar-refractivity contribution in [1.29, 1.82) is 0 Å². The van der Waals surface area contributed by atoms with Gasteiger partial charge in [-0.3, -0.25) is 4.99 Å². The first-order chi connectivity index (χ1) is 4.27. The van der Waals surface area contributed by atoms with E-state index in [1.165, 1.54) is 0 Å². The molecule has 0 radical (unpaired) electrons. The fourth-order valence-electron chi connectivity index (χ4n) is 0.969. The molecule has 0 bridgehead atoms. The van der Waals surface area contributed by atoms with Crippen molar-refractivity contribution in [2.75, 3.05) is 13.2 Å². The Balaban J connectivity index is 2.46. The Hall–Kier alpha value is -0.370. The first-order valence-corrected chi connectivity index (χ1v) is 3.32. The van der Waals surface area contributed by atoms with E-state index in [2.05, 4.69) is 18.6 Å². The zero-order chi connectivity index (χ0) is 6.74. The van der Waals surface area contributed by atoms with E-state index in [1.807, 2.05) is 0 Å². The molecule has 52 valence electrons. The fourth-order valence-corrected chi connectivity index (χ4v) is 0.969. The smallest absolute Gasteiger partial charge is 0.0616 e. The maximum atomic E-state index is 5.18. The largest absolute Gasteiger partial charge is 0.381 e. The lowest BCUT2D eigenvalue weighted by atomic mass is 9.94. The second-order valence-electron chi connectivity index (χ2n) is 2.77. The van der Waals surface area contributed by atoms with Gasteiger partial charge in [-0.25, -0.2) is 0 Å². The zero-order valence-corrected chi connectivity index (χ0v) is 5.89. The van der Waals surface area contributed by atoms with Crippen molar-refractivity contribution in [1.82, 2.24) is 0 Å². The summed E-state index contributed by atoms with van der Waals surface area (Å²) < 4.78 is 5.18. The van der Waals surface area contributed by atoms with E-state index in [0.29, 0.717) is 0 Å². The van der Waals surface area contributed by atoms with Crippen molar-refractivity contribution in [3.8, 4) is 0 Å². The lowest BCUT2D eigenvalue weighted by Gasteiger charge is -2.28. The van der Waals surface area contributed by atoms with Crippen LogP contribution in [-0.4, -0.2) is 25.5 Å². The van der Waals surface area contributed by atoms with Crippen LogP contribution < -0.4 is 0 Å². The van der Waals surface area contributed by atoms with Gasteiger partial charge < -0.3 is 4.74 Å². The first kappa shape index (κ1) is 6.75. The summed E-state index contributed by atoms with van der Waals surface area (Å²) in [6.45, 7) is 7.36. The second-order valence-corrected chi connectivity index (χ2v) is 2.77. The third-order valence-corrected chi connectivity index (χ3v) is 1.95. The number of aliphatic imine (C=N–C) groups is 1. The van der Waals surface area contributed by atoms with Crippen LogP contribution in [-0.2, 0) is 4.74 Å². The predicted molar refractivity (Wildman–Crippen MR) is 38.0 cm³/mol. The van der Waals surface area contributed by atoms with Crippen LogP contribution in [0.3, 0.4) is 0 Å². The highest BCUT2D eigenvalue weighted by Gasteiger charge is 2.24. The molecular formula is C7H13NO. The van der Waals surface area contributed by atoms with Crippen LogP contribution in [0.2, 0.25) is 0 Å². The van der Waals surface area contributed by atoms with Crippen LogP contribution in [0.1, 0.15) is 19.8 Å². The van der Waals surface area contributed by atoms with Gasteiger partial charge in [0.2, 0.25) is 0 Å². The zero-order valence-electron chi connectivity index (χ0n) is 5.89. The van der Waals surface area contributed by atoms with Crippen molar-refractivity contribution in [3.63, 3.8) is 0 Å². The molecule has 1 aliphatic rings. The predicted octanol–water partition coefficient (Wildman–Crippen LogP) is 1.26. The van der Waals surface area contributed by atoms with Crippen LogP contribution >= 0.6 is 0 Å². The summed E-state index contributed by atoms with van der Waals surface area (Å²) in [5, 5.41) is 0. The summed E-state index contributed by atoms with van der Waals surface area (Å²) in [7, 11) is 0. The first-order valence-electron chi connectivity index (χ1n) is 3.32. The molecule has 1 heterocycles. The molecule has 0 aliphatic carbocycles. The third-order valence-electron chi connectivity index (χ3n) is 1.95. The minimum absolute atomic E-state index is 0.109. The Morgan fingerprint density at radius 1 is 1.44 bits per heavy atom. The Bertz CT molecular complexity index is 105. The van der Waals surface area contributed by atoms with Crippen molar-refractivity contribution in [2.45, 2.75) is 25.3 Å². The Morgan fingerprint density at radius 3 is 2.33 bits per heavy atom. The number of ether oxygens (including phenoxy) is 1. The molecular weight excluding hydrogens is 114 g/mol. The highest BCUT2D eigenvalue weighted by atomic mass is 16.5. The highest BCUT2D eigenvalue weighted by Crippen LogP contribution is 2.22. The third kappa shape index (κ3) is 1.52. The van der Waals surface area contributed by atoms with Crippen LogP contribution in [0, 0.1) is 0 Å². The highest BCUT2D eigenvalue weighted by molar-refractivity contribution is 5.25. The summed E-state index contributed by atoms with van der Waals surface area (Å²) in [5.41, 5.74) is 0.109. The van der Waals surface area contributed by atoms with Gasteiger partial charge in [0.1, 0.15) is 0 Å². The molecule has 0 amide bonds. The molecule has 1 aliphatic heterocycles. The Labute approximate surface area is 55.9 Å². The van der Waals surface area contributed by atoms with Gasteiger partial charge in [0, 0.05) is 13.2 Å². The van der Waals surface area contributed by atoms with Gasteiger partial charge in [0.25, 0.3) is 0 Å². The average Bonchev–Trinajstić information content (AvgIpc) is 1.90. The van der Waals surface area contributed by atoms with Crippen LogP contribution in [0.4, 0.5) is 0 Å². The van der Waals surface area contributed by atoms with Gasteiger partial charge >= 0.3 is 0 Å². The van der Waals surface area contributed by atoms with E-state index in [1.54, 1.807) is 0 Å². The molecule has 1 fully saturated rings. The summed E-state index contributed by atoms with van der Waals surface area (Å²) in [6, 6.07) is 0. The van der Waals surface area contributed by atoms with Crippen LogP contribution in [0.5, 0.6) is 0 Å². The molecule has 0 saturated carbocycles. The van der Waals surface area contributed by atoms with E-state index in [9.17, 15) is 0 Å². The molecule has 2 heteroatoms. The maximum absolute atomic E-state index is 5.18. The number of hydrogen-bond donors (Lipinski definition) is 0. The summed E-state index contributed by atoms with van der Waals surface area (Å²) >= 11 is 0. The van der Waals surface area contributed by atoms with Gasteiger partial charge in [0.15, 0.2) is 0 Å². The van der Waals surface area contributed by atoms with Crippen molar-refractivity contribution < 1.29 is 4.74 Å². The number of nitrogens with zero attached hydrogens (tertiary/aromatic N) is 1. The molecule has 2 nitrogen and oxygen atoms in total. The lowest BCUT2D eigenvalue weighted by molar-refractivity contribution is 0.0605. The topological polar surface area (TPSA) is 21.6 Å². The van der Waals surface area contributed by atoms with E-state index < -0.39 is 0 Å². The molecule has 0 aromatic rings. The minimum Gasteiger partial charge on any atom is -0.381 e. The summed E-state index contributed by atoms with van der Waals surface area (Å²) in [6.07, 6.45) is 2.05. The van der Waals surface area contributed by atoms with E-state index in [4.69, 9.17) is 4.74 Å². The normalized spacial score (nSPS) is 25.4. The summed E-state index contributed by atoms with van der Waals surface area (Å²) in [5.74, 6) is 0. The minimum atomic E-state index is 0.109. The maximum Gasteiger partial charge on any atom is 0.0616 e. The van der Waals surface area contributed by atoms with Gasteiger partial charge in [-0.2, -0.15) is 0 Å². The molecule has 0 unspecified atom stereocenters. The molecule has 1 saturated heterocycles. The molecule has 0 atom stereocenters. The molecule has 0 spiro atoms. The lowest BCUT2D eigenvalue weighted by Crippen LogP contribution is -2.30. The SMILES string of the molecule is C=NC1(C)CCOCC1. The van der Waals surface area contributed by atoms with Crippen LogP contribution in [0.25, 0.3) is 0 Å². The van der Waals surface area contributed by atoms with Crippen molar-refractivity contribution in [2.24, 2.45) is 4.99 Å². The second kappa shape index (κ2) is 2.48. The van der Waals surface area contributed by atoms with Gasteiger partial charge in [0.05, 0.1) is 5.54 Å². The monoisotopic (exact) mass is 127 g/mol. The number of rotatable bonds is 1. The summed E-state index contributed by atoms with van der Waals surface area (Å²) in [4.78, 5) is 4.05. The molecule has 0 aromatic heterocycles. The number of hydrogen-bond acceptors (Lipinski definition) is 2.